The van der Waals surface area contributed by atoms with Crippen LogP contribution in [-0.2, 0) is 4.79 Å². The smallest absolute Gasteiger partial charge is 0.254 e. The fourth-order valence-corrected chi connectivity index (χ4v) is 3.20. The van der Waals surface area contributed by atoms with E-state index in [2.05, 4.69) is 15.5 Å². The topological polar surface area (TPSA) is 78.1 Å². The van der Waals surface area contributed by atoms with Crippen molar-refractivity contribution in [3.8, 4) is 10.6 Å². The van der Waals surface area contributed by atoms with E-state index < -0.39 is 0 Å². The van der Waals surface area contributed by atoms with Crippen molar-refractivity contribution in [2.45, 2.75) is 6.92 Å². The second-order valence-electron chi connectivity index (χ2n) is 5.65. The van der Waals surface area contributed by atoms with Crippen molar-refractivity contribution in [3.63, 3.8) is 0 Å². The van der Waals surface area contributed by atoms with Gasteiger partial charge in [0, 0.05) is 23.6 Å². The van der Waals surface area contributed by atoms with E-state index in [9.17, 15) is 9.59 Å². The molecule has 3 aromatic rings. The number of anilines is 1. The predicted molar refractivity (Wildman–Crippen MR) is 98.7 cm³/mol. The van der Waals surface area contributed by atoms with Gasteiger partial charge in [0.1, 0.15) is 0 Å². The number of hydrogen-bond donors (Lipinski definition) is 2. The van der Waals surface area contributed by atoms with Crippen LogP contribution < -0.4 is 5.32 Å². The van der Waals surface area contributed by atoms with E-state index in [-0.39, 0.29) is 18.4 Å². The summed E-state index contributed by atoms with van der Waals surface area (Å²) >= 11 is 1.65. The zero-order chi connectivity index (χ0) is 17.8. The molecule has 1 aromatic carbocycles. The summed E-state index contributed by atoms with van der Waals surface area (Å²) in [7, 11) is 1.60. The molecule has 0 saturated heterocycles. The molecular formula is C18H18N4O2S. The van der Waals surface area contributed by atoms with E-state index in [0.29, 0.717) is 11.4 Å². The second-order valence-corrected chi connectivity index (χ2v) is 6.94. The van der Waals surface area contributed by atoms with Gasteiger partial charge >= 0.3 is 0 Å². The third kappa shape index (κ3) is 4.13. The van der Waals surface area contributed by atoms with Gasteiger partial charge < -0.3 is 10.2 Å². The Hall–Kier alpha value is -2.93. The molecule has 0 aliphatic rings. The van der Waals surface area contributed by atoms with Gasteiger partial charge in [0.15, 0.2) is 5.82 Å². The number of amides is 2. The summed E-state index contributed by atoms with van der Waals surface area (Å²) in [6.45, 7) is 1.99. The third-order valence-electron chi connectivity index (χ3n) is 3.60. The number of likely N-dealkylation sites (N-methyl/N-ethyl adjacent to an activating group) is 1. The first kappa shape index (κ1) is 16.9. The third-order valence-corrected chi connectivity index (χ3v) is 4.63. The van der Waals surface area contributed by atoms with Crippen LogP contribution in [0.3, 0.4) is 0 Å². The van der Waals surface area contributed by atoms with E-state index in [1.54, 1.807) is 48.7 Å². The molecule has 6 nitrogen and oxygen atoms in total. The van der Waals surface area contributed by atoms with E-state index in [1.165, 1.54) is 9.78 Å². The fourth-order valence-electron chi connectivity index (χ4n) is 2.36. The van der Waals surface area contributed by atoms with Crippen molar-refractivity contribution in [1.82, 2.24) is 15.1 Å². The monoisotopic (exact) mass is 354 g/mol. The molecule has 0 bridgehead atoms. The summed E-state index contributed by atoms with van der Waals surface area (Å²) in [5.74, 6) is -0.0636. The maximum atomic E-state index is 12.2. The lowest BCUT2D eigenvalue weighted by atomic mass is 10.2. The van der Waals surface area contributed by atoms with Gasteiger partial charge in [0.25, 0.3) is 5.91 Å². The number of carbonyl (C=O) groups is 2. The van der Waals surface area contributed by atoms with Gasteiger partial charge in [-0.05, 0) is 31.2 Å². The molecule has 2 N–H and O–H groups in total. The predicted octanol–water partition coefficient (Wildman–Crippen LogP) is 3.16. The Morgan fingerprint density at radius 2 is 1.96 bits per heavy atom. The Labute approximate surface area is 149 Å². The summed E-state index contributed by atoms with van der Waals surface area (Å²) in [5, 5.41) is 9.71. The number of benzene rings is 1. The lowest BCUT2D eigenvalue weighted by Crippen LogP contribution is -2.34. The molecule has 7 heteroatoms. The number of aromatic amines is 1. The van der Waals surface area contributed by atoms with Gasteiger partial charge in [-0.15, -0.1) is 11.3 Å². The van der Waals surface area contributed by atoms with Crippen molar-refractivity contribution in [2.24, 2.45) is 0 Å². The van der Waals surface area contributed by atoms with Crippen molar-refractivity contribution >= 4 is 29.0 Å². The first-order valence-electron chi connectivity index (χ1n) is 7.75. The van der Waals surface area contributed by atoms with Crippen LogP contribution >= 0.6 is 11.3 Å². The van der Waals surface area contributed by atoms with Crippen LogP contribution in [0.25, 0.3) is 10.6 Å². The number of rotatable bonds is 5. The largest absolute Gasteiger partial charge is 0.332 e. The lowest BCUT2D eigenvalue weighted by Gasteiger charge is -2.16. The van der Waals surface area contributed by atoms with Gasteiger partial charge in [-0.2, -0.15) is 5.10 Å². The summed E-state index contributed by atoms with van der Waals surface area (Å²) in [5.41, 5.74) is 1.40. The normalized spacial score (nSPS) is 10.5. The van der Waals surface area contributed by atoms with Crippen LogP contribution in [0.15, 0.2) is 48.5 Å². The Morgan fingerprint density at radius 3 is 2.64 bits per heavy atom. The Balaban J connectivity index is 1.59. The maximum Gasteiger partial charge on any atom is 0.254 e. The van der Waals surface area contributed by atoms with Crippen LogP contribution in [0.1, 0.15) is 15.2 Å². The molecule has 0 aliphatic carbocycles. The Morgan fingerprint density at radius 1 is 1.20 bits per heavy atom. The number of hydrogen-bond acceptors (Lipinski definition) is 4. The van der Waals surface area contributed by atoms with Crippen LogP contribution in [0.2, 0.25) is 0 Å². The van der Waals surface area contributed by atoms with Crippen molar-refractivity contribution in [1.29, 1.82) is 0 Å². The molecule has 0 fully saturated rings. The summed E-state index contributed by atoms with van der Waals surface area (Å²) in [6.07, 6.45) is 0. The first-order chi connectivity index (χ1) is 12.0. The van der Waals surface area contributed by atoms with Gasteiger partial charge in [0.2, 0.25) is 5.91 Å². The molecule has 0 aliphatic heterocycles. The number of aromatic nitrogens is 2. The van der Waals surface area contributed by atoms with Crippen LogP contribution in [-0.4, -0.2) is 40.5 Å². The molecular weight excluding hydrogens is 336 g/mol. The highest BCUT2D eigenvalue weighted by Crippen LogP contribution is 2.27. The summed E-state index contributed by atoms with van der Waals surface area (Å²) < 4.78 is 0. The lowest BCUT2D eigenvalue weighted by molar-refractivity contribution is -0.116. The van der Waals surface area contributed by atoms with Crippen molar-refractivity contribution < 1.29 is 9.59 Å². The zero-order valence-electron chi connectivity index (χ0n) is 13.9. The first-order valence-corrected chi connectivity index (χ1v) is 8.57. The molecule has 0 unspecified atom stereocenters. The standard InChI is InChI=1S/C18H18N4O2S/c1-12-8-9-15(25-12)14-10-16(21-20-14)19-17(23)11-22(2)18(24)13-6-4-3-5-7-13/h3-10H,11H2,1-2H3,(H2,19,20,21,23). The molecule has 2 aromatic heterocycles. The molecule has 2 amide bonds. The van der Waals surface area contributed by atoms with E-state index >= 15 is 0 Å². The fraction of sp³-hybridized carbons (Fsp3) is 0.167. The van der Waals surface area contributed by atoms with Crippen molar-refractivity contribution in [2.75, 3.05) is 18.9 Å². The van der Waals surface area contributed by atoms with Gasteiger partial charge in [0.05, 0.1) is 17.1 Å². The maximum absolute atomic E-state index is 12.2. The highest BCUT2D eigenvalue weighted by molar-refractivity contribution is 7.15. The minimum Gasteiger partial charge on any atom is -0.332 e. The second kappa shape index (κ2) is 7.31. The number of aryl methyl sites for hydroxylation is 1. The molecule has 2 heterocycles. The number of H-pyrrole nitrogens is 1. The highest BCUT2D eigenvalue weighted by atomic mass is 32.1. The van der Waals surface area contributed by atoms with E-state index in [0.717, 1.165) is 10.6 Å². The average Bonchev–Trinajstić information content (AvgIpc) is 3.23. The Kier molecular flexibility index (Phi) is 4.95. The number of nitrogens with one attached hydrogen (secondary N) is 2. The molecule has 25 heavy (non-hydrogen) atoms. The van der Waals surface area contributed by atoms with E-state index in [1.807, 2.05) is 25.1 Å². The Bertz CT molecular complexity index is 885. The molecule has 128 valence electrons. The average molecular weight is 354 g/mol. The molecule has 3 rings (SSSR count). The van der Waals surface area contributed by atoms with Crippen molar-refractivity contribution in [3.05, 3.63) is 59.0 Å². The quantitative estimate of drug-likeness (QED) is 0.739. The molecule has 0 saturated carbocycles. The number of nitrogens with zero attached hydrogens (tertiary/aromatic N) is 2. The zero-order valence-corrected chi connectivity index (χ0v) is 14.8. The summed E-state index contributed by atoms with van der Waals surface area (Å²) in [6, 6.07) is 14.7. The SMILES string of the molecule is Cc1ccc(-c2cc(NC(=O)CN(C)C(=O)c3ccccc3)n[nH]2)s1. The number of thiophene rings is 1. The van der Waals surface area contributed by atoms with E-state index in [4.69, 9.17) is 0 Å². The molecule has 0 atom stereocenters. The van der Waals surface area contributed by atoms with Gasteiger partial charge in [-0.1, -0.05) is 18.2 Å². The minimum atomic E-state index is -0.299. The molecule has 0 spiro atoms. The number of carbonyl (C=O) groups excluding carboxylic acids is 2. The summed E-state index contributed by atoms with van der Waals surface area (Å²) in [4.78, 5) is 28.0. The minimum absolute atomic E-state index is 0.0476. The van der Waals surface area contributed by atoms with Gasteiger partial charge in [-0.3, -0.25) is 14.7 Å². The van der Waals surface area contributed by atoms with Crippen LogP contribution in [0.5, 0.6) is 0 Å². The molecule has 0 radical (unpaired) electrons. The highest BCUT2D eigenvalue weighted by Gasteiger charge is 2.15. The van der Waals surface area contributed by atoms with Crippen LogP contribution in [0.4, 0.5) is 5.82 Å². The van der Waals surface area contributed by atoms with Gasteiger partial charge in [-0.25, -0.2) is 0 Å². The van der Waals surface area contributed by atoms with Crippen LogP contribution in [0, 0.1) is 6.92 Å².